The molecule has 0 saturated carbocycles. The van der Waals surface area contributed by atoms with Crippen LogP contribution in [0.1, 0.15) is 74.6 Å². The highest BCUT2D eigenvalue weighted by atomic mass is 127. The lowest BCUT2D eigenvalue weighted by molar-refractivity contribution is -0.137. The van der Waals surface area contributed by atoms with Crippen molar-refractivity contribution >= 4 is 34.5 Å². The van der Waals surface area contributed by atoms with Crippen LogP contribution in [0.25, 0.3) is 0 Å². The van der Waals surface area contributed by atoms with Gasteiger partial charge in [-0.25, -0.2) is 4.98 Å². The maximum Gasteiger partial charge on any atom is 0.304 e. The van der Waals surface area contributed by atoms with Crippen LogP contribution in [0, 0.1) is 3.57 Å². The summed E-state index contributed by atoms with van der Waals surface area (Å²) in [4.78, 5) is 25.2. The van der Waals surface area contributed by atoms with Crippen LogP contribution in [-0.2, 0) is 22.6 Å². The first kappa shape index (κ1) is 22.4. The second-order valence-corrected chi connectivity index (χ2v) is 8.62. The lowest BCUT2D eigenvalue weighted by Gasteiger charge is -2.24. The van der Waals surface area contributed by atoms with E-state index >= 15 is 0 Å². The van der Waals surface area contributed by atoms with Crippen molar-refractivity contribution in [3.8, 4) is 0 Å². The lowest BCUT2D eigenvalue weighted by atomic mass is 9.87. The van der Waals surface area contributed by atoms with Gasteiger partial charge in [-0.1, -0.05) is 26.0 Å². The topological polar surface area (TPSA) is 92.4 Å². The molecule has 6 nitrogen and oxygen atoms in total. The first-order valence-corrected chi connectivity index (χ1v) is 10.5. The molecule has 2 N–H and O–H groups in total. The molecule has 0 fully saturated rings. The highest BCUT2D eigenvalue weighted by Gasteiger charge is 2.30. The molecule has 1 aliphatic carbocycles. The highest BCUT2D eigenvalue weighted by Crippen LogP contribution is 2.36. The number of aryl methyl sites for hydroxylation is 1. The maximum atomic E-state index is 11.3. The van der Waals surface area contributed by atoms with E-state index in [0.717, 1.165) is 49.9 Å². The number of carbonyl (C=O) groups is 2. The number of fused-ring (bicyclic) bond motifs is 1. The summed E-state index contributed by atoms with van der Waals surface area (Å²) in [6.07, 6.45) is 3.13. The molecule has 1 unspecified atom stereocenters. The summed E-state index contributed by atoms with van der Waals surface area (Å²) in [5.74, 6) is -0.0741. The first-order valence-electron chi connectivity index (χ1n) is 9.44. The molecule has 1 heterocycles. The van der Waals surface area contributed by atoms with Crippen molar-refractivity contribution in [1.82, 2.24) is 9.55 Å². The highest BCUT2D eigenvalue weighted by molar-refractivity contribution is 14.1. The van der Waals surface area contributed by atoms with E-state index in [-0.39, 0.29) is 12.3 Å². The second kappa shape index (κ2) is 10.0. The minimum atomic E-state index is -0.833. The van der Waals surface area contributed by atoms with Gasteiger partial charge in [-0.05, 0) is 59.5 Å². The number of carboxylic acids is 2. The van der Waals surface area contributed by atoms with E-state index in [4.69, 9.17) is 14.9 Å². The molecule has 0 spiro atoms. The van der Waals surface area contributed by atoms with Crippen molar-refractivity contribution in [2.24, 2.45) is 0 Å². The zero-order valence-corrected chi connectivity index (χ0v) is 18.6. The number of aromatic nitrogens is 2. The summed E-state index contributed by atoms with van der Waals surface area (Å²) in [6, 6.07) is 8.48. The predicted octanol–water partition coefficient (Wildman–Crippen LogP) is 4.64. The molecular formula is C21H27IN2O4. The minimum absolute atomic E-state index is 0.0778. The van der Waals surface area contributed by atoms with Crippen LogP contribution < -0.4 is 0 Å². The molecule has 152 valence electrons. The number of hydrogen-bond acceptors (Lipinski definition) is 3. The summed E-state index contributed by atoms with van der Waals surface area (Å²) in [7, 11) is 0. The van der Waals surface area contributed by atoms with Crippen LogP contribution in [0.2, 0.25) is 0 Å². The third-order valence-electron chi connectivity index (χ3n) is 4.63. The number of rotatable bonds is 5. The van der Waals surface area contributed by atoms with Crippen LogP contribution in [0.4, 0.5) is 0 Å². The van der Waals surface area contributed by atoms with E-state index in [0.29, 0.717) is 5.92 Å². The van der Waals surface area contributed by atoms with Crippen molar-refractivity contribution in [3.63, 3.8) is 0 Å². The third kappa shape index (κ3) is 6.05. The summed E-state index contributed by atoms with van der Waals surface area (Å²) >= 11 is 2.33. The van der Waals surface area contributed by atoms with Crippen molar-refractivity contribution in [1.29, 1.82) is 0 Å². The fourth-order valence-electron chi connectivity index (χ4n) is 3.66. The van der Waals surface area contributed by atoms with E-state index in [1.807, 2.05) is 0 Å². The summed E-state index contributed by atoms with van der Waals surface area (Å²) in [5, 5.41) is 16.7. The number of halogens is 1. The Balaban J connectivity index is 0.000000640. The Hall–Kier alpha value is -1.90. The Morgan fingerprint density at radius 3 is 2.57 bits per heavy atom. The molecule has 0 bridgehead atoms. The fraction of sp³-hybridized carbons (Fsp3) is 0.476. The smallest absolute Gasteiger partial charge is 0.304 e. The van der Waals surface area contributed by atoms with E-state index in [1.165, 1.54) is 9.13 Å². The molecule has 1 aromatic heterocycles. The molecule has 0 saturated heterocycles. The normalized spacial score (nSPS) is 15.5. The Labute approximate surface area is 179 Å². The van der Waals surface area contributed by atoms with Crippen LogP contribution >= 0.6 is 22.6 Å². The summed E-state index contributed by atoms with van der Waals surface area (Å²) < 4.78 is 3.50. The van der Waals surface area contributed by atoms with Crippen LogP contribution in [-0.4, -0.2) is 31.7 Å². The number of nitrogens with zero attached hydrogens (tertiary/aromatic N) is 2. The van der Waals surface area contributed by atoms with Gasteiger partial charge in [-0.2, -0.15) is 0 Å². The van der Waals surface area contributed by atoms with Crippen LogP contribution in [0.3, 0.4) is 0 Å². The van der Waals surface area contributed by atoms with Gasteiger partial charge in [0.05, 0.1) is 12.1 Å². The average Bonchev–Trinajstić information content (AvgIpc) is 2.94. The Morgan fingerprint density at radius 2 is 2.00 bits per heavy atom. The van der Waals surface area contributed by atoms with Gasteiger partial charge in [0.25, 0.3) is 5.97 Å². The molecule has 7 heteroatoms. The number of aliphatic carboxylic acids is 2. The van der Waals surface area contributed by atoms with Gasteiger partial charge >= 0.3 is 5.97 Å². The monoisotopic (exact) mass is 498 g/mol. The molecule has 3 rings (SSSR count). The Kier molecular flexibility index (Phi) is 8.03. The largest absolute Gasteiger partial charge is 0.481 e. The van der Waals surface area contributed by atoms with Crippen molar-refractivity contribution < 1.29 is 19.8 Å². The van der Waals surface area contributed by atoms with Crippen molar-refractivity contribution in [2.75, 3.05) is 0 Å². The molecule has 28 heavy (non-hydrogen) atoms. The first-order chi connectivity index (χ1) is 13.2. The van der Waals surface area contributed by atoms with Crippen LogP contribution in [0.15, 0.2) is 24.3 Å². The molecular weight excluding hydrogens is 471 g/mol. The summed E-state index contributed by atoms with van der Waals surface area (Å²) in [6.45, 7) is 6.17. The molecule has 0 radical (unpaired) electrons. The zero-order chi connectivity index (χ0) is 20.8. The second-order valence-electron chi connectivity index (χ2n) is 7.38. The Bertz CT molecular complexity index is 841. The van der Waals surface area contributed by atoms with E-state index < -0.39 is 11.9 Å². The number of hydrogen-bond donors (Lipinski definition) is 2. The van der Waals surface area contributed by atoms with Crippen molar-refractivity contribution in [2.45, 2.75) is 64.8 Å². The quantitative estimate of drug-likeness (QED) is 0.586. The van der Waals surface area contributed by atoms with Gasteiger partial charge in [0.15, 0.2) is 0 Å². The van der Waals surface area contributed by atoms with Crippen molar-refractivity contribution in [3.05, 3.63) is 50.6 Å². The van der Waals surface area contributed by atoms with Gasteiger partial charge in [0, 0.05) is 34.6 Å². The zero-order valence-electron chi connectivity index (χ0n) is 16.5. The van der Waals surface area contributed by atoms with Gasteiger partial charge in [0.1, 0.15) is 5.82 Å². The molecule has 0 amide bonds. The van der Waals surface area contributed by atoms with Gasteiger partial charge < -0.3 is 14.8 Å². The predicted molar refractivity (Wildman–Crippen MR) is 116 cm³/mol. The lowest BCUT2D eigenvalue weighted by Crippen LogP contribution is -2.18. The van der Waals surface area contributed by atoms with Gasteiger partial charge in [-0.3, -0.25) is 9.59 Å². The van der Waals surface area contributed by atoms with E-state index in [2.05, 4.69) is 65.3 Å². The summed E-state index contributed by atoms with van der Waals surface area (Å²) in [5.41, 5.74) is 3.51. The van der Waals surface area contributed by atoms with E-state index in [9.17, 15) is 9.90 Å². The number of benzene rings is 1. The van der Waals surface area contributed by atoms with Gasteiger partial charge in [0.2, 0.25) is 0 Å². The van der Waals surface area contributed by atoms with Crippen LogP contribution in [0.5, 0.6) is 0 Å². The molecule has 1 aromatic carbocycles. The molecule has 0 aliphatic heterocycles. The fourth-order valence-corrected chi connectivity index (χ4v) is 4.27. The minimum Gasteiger partial charge on any atom is -0.481 e. The number of imidazole rings is 1. The average molecular weight is 498 g/mol. The molecule has 1 aliphatic rings. The Morgan fingerprint density at radius 1 is 1.32 bits per heavy atom. The molecule has 1 atom stereocenters. The molecule has 2 aromatic rings. The third-order valence-corrected chi connectivity index (χ3v) is 5.30. The van der Waals surface area contributed by atoms with E-state index in [1.54, 1.807) is 0 Å². The standard InChI is InChI=1S/C19H23IN2O2.C2H4O2/c1-12(2)19-21-16-8-4-6-14(10-17(23)24)18(16)22(19)11-13-5-3-7-15(20)9-13;1-2(3)4/h3,5,7,9,12,14H,4,6,8,10-11H2,1-2H3,(H,23,24);1H3,(H,3,4). The van der Waals surface area contributed by atoms with Gasteiger partial charge in [-0.15, -0.1) is 0 Å². The SMILES string of the molecule is CC(=O)O.CC(C)c1nc2c(n1Cc1cccc(I)c1)C(CC(=O)O)CCC2. The number of carboxylic acid groups (broad SMARTS) is 2. The maximum absolute atomic E-state index is 11.3.